The lowest BCUT2D eigenvalue weighted by Gasteiger charge is -2.00. The Labute approximate surface area is 121 Å². The minimum absolute atomic E-state index is 0.0162. The van der Waals surface area contributed by atoms with E-state index in [1.807, 2.05) is 12.1 Å². The maximum Gasteiger partial charge on any atom is 0.363 e. The van der Waals surface area contributed by atoms with Gasteiger partial charge in [0, 0.05) is 10.3 Å². The lowest BCUT2D eigenvalue weighted by molar-refractivity contribution is -0.393. The van der Waals surface area contributed by atoms with Crippen LogP contribution in [0.1, 0.15) is 5.56 Å². The maximum atomic E-state index is 11.2. The number of imidazole rings is 1. The molecule has 1 N–H and O–H groups in total. The first kappa shape index (κ1) is 13.1. The molecule has 0 unspecified atom stereocenters. The zero-order chi connectivity index (χ0) is 14.1. The molecular weight excluding hydrogens is 298 g/mol. The van der Waals surface area contributed by atoms with Crippen LogP contribution in [0.25, 0.3) is 4.96 Å². The molecular formula is C12H9N3O3S2. The Morgan fingerprint density at radius 2 is 2.15 bits per heavy atom. The SMILES string of the molecule is O=[N+]([O-])c1c(Sc2ccc(CO)cc2)nc2sccn12. The van der Waals surface area contributed by atoms with Gasteiger partial charge in [-0.05, 0) is 22.6 Å². The number of aromatic nitrogens is 2. The molecule has 0 aliphatic carbocycles. The Balaban J connectivity index is 1.98. The van der Waals surface area contributed by atoms with E-state index in [0.717, 1.165) is 10.5 Å². The average Bonchev–Trinajstić information content (AvgIpc) is 2.99. The average molecular weight is 307 g/mol. The number of fused-ring (bicyclic) bond motifs is 1. The standard InChI is InChI=1S/C12H9N3O3S2/c16-7-8-1-3-9(4-2-8)20-10-11(15(17)18)14-5-6-19-12(14)13-10/h1-6,16H,7H2. The molecule has 8 heteroatoms. The van der Waals surface area contributed by atoms with Crippen LogP contribution in [0.15, 0.2) is 45.8 Å². The number of thiazole rings is 1. The third-order valence-electron chi connectivity index (χ3n) is 2.70. The van der Waals surface area contributed by atoms with E-state index in [0.29, 0.717) is 9.99 Å². The molecule has 1 aromatic carbocycles. The van der Waals surface area contributed by atoms with Crippen molar-refractivity contribution in [3.63, 3.8) is 0 Å². The van der Waals surface area contributed by atoms with Crippen molar-refractivity contribution < 1.29 is 10.0 Å². The fourth-order valence-electron chi connectivity index (χ4n) is 1.76. The Kier molecular flexibility index (Phi) is 3.43. The third-order valence-corrected chi connectivity index (χ3v) is 4.43. The summed E-state index contributed by atoms with van der Waals surface area (Å²) in [6.07, 6.45) is 1.64. The Bertz CT molecular complexity index is 764. The van der Waals surface area contributed by atoms with Crippen LogP contribution in [-0.2, 0) is 6.61 Å². The molecule has 2 heterocycles. The minimum atomic E-state index is -0.419. The van der Waals surface area contributed by atoms with E-state index >= 15 is 0 Å². The number of rotatable bonds is 4. The monoisotopic (exact) mass is 307 g/mol. The van der Waals surface area contributed by atoms with Crippen molar-refractivity contribution >= 4 is 33.9 Å². The van der Waals surface area contributed by atoms with E-state index in [-0.39, 0.29) is 12.4 Å². The van der Waals surface area contributed by atoms with Gasteiger partial charge >= 0.3 is 5.82 Å². The van der Waals surface area contributed by atoms with Gasteiger partial charge in [0.05, 0.1) is 6.61 Å². The van der Waals surface area contributed by atoms with Crippen LogP contribution in [-0.4, -0.2) is 19.4 Å². The van der Waals surface area contributed by atoms with Crippen LogP contribution >= 0.6 is 23.1 Å². The van der Waals surface area contributed by atoms with Crippen LogP contribution < -0.4 is 0 Å². The lowest BCUT2D eigenvalue weighted by atomic mass is 10.2. The van der Waals surface area contributed by atoms with Crippen LogP contribution in [0.2, 0.25) is 0 Å². The van der Waals surface area contributed by atoms with Crippen molar-refractivity contribution in [2.75, 3.05) is 0 Å². The zero-order valence-electron chi connectivity index (χ0n) is 10.1. The van der Waals surface area contributed by atoms with E-state index in [1.165, 1.54) is 27.5 Å². The number of benzene rings is 1. The molecule has 0 amide bonds. The van der Waals surface area contributed by atoms with Crippen molar-refractivity contribution in [2.24, 2.45) is 0 Å². The number of nitro groups is 1. The van der Waals surface area contributed by atoms with Gasteiger partial charge in [-0.1, -0.05) is 35.2 Å². The molecule has 0 fully saturated rings. The first-order chi connectivity index (χ1) is 9.69. The predicted molar refractivity (Wildman–Crippen MR) is 76.2 cm³/mol. The van der Waals surface area contributed by atoms with E-state index in [4.69, 9.17) is 5.11 Å². The molecule has 0 bridgehead atoms. The van der Waals surface area contributed by atoms with Gasteiger partial charge in [0.2, 0.25) is 5.03 Å². The zero-order valence-corrected chi connectivity index (χ0v) is 11.7. The number of nitrogens with zero attached hydrogens (tertiary/aromatic N) is 3. The summed E-state index contributed by atoms with van der Waals surface area (Å²) in [4.78, 5) is 16.5. The van der Waals surface area contributed by atoms with Gasteiger partial charge in [-0.15, -0.1) is 0 Å². The van der Waals surface area contributed by atoms with Gasteiger partial charge in [-0.3, -0.25) is 0 Å². The molecule has 0 aliphatic rings. The number of hydrogen-bond donors (Lipinski definition) is 1. The first-order valence-electron chi connectivity index (χ1n) is 5.66. The second-order valence-corrected chi connectivity index (χ2v) is 5.89. The highest BCUT2D eigenvalue weighted by Gasteiger charge is 2.24. The highest BCUT2D eigenvalue weighted by Crippen LogP contribution is 2.36. The third kappa shape index (κ3) is 2.28. The van der Waals surface area contributed by atoms with Crippen molar-refractivity contribution in [3.8, 4) is 0 Å². The van der Waals surface area contributed by atoms with Gasteiger partial charge in [-0.25, -0.2) is 0 Å². The molecule has 20 heavy (non-hydrogen) atoms. The first-order valence-corrected chi connectivity index (χ1v) is 7.36. The second kappa shape index (κ2) is 5.23. The quantitative estimate of drug-likeness (QED) is 0.592. The normalized spacial score (nSPS) is 11.1. The van der Waals surface area contributed by atoms with E-state index in [1.54, 1.807) is 23.7 Å². The van der Waals surface area contributed by atoms with E-state index in [9.17, 15) is 10.1 Å². The summed E-state index contributed by atoms with van der Waals surface area (Å²) in [6, 6.07) is 7.19. The summed E-state index contributed by atoms with van der Waals surface area (Å²) in [5.74, 6) is -0.0162. The predicted octanol–water partition coefficient (Wildman–Crippen LogP) is 2.95. The number of aliphatic hydroxyl groups is 1. The van der Waals surface area contributed by atoms with Gasteiger partial charge in [0.15, 0.2) is 0 Å². The van der Waals surface area contributed by atoms with Gasteiger partial charge < -0.3 is 15.2 Å². The Morgan fingerprint density at radius 3 is 2.80 bits per heavy atom. The Hall–Kier alpha value is -1.90. The summed E-state index contributed by atoms with van der Waals surface area (Å²) < 4.78 is 1.48. The molecule has 0 saturated carbocycles. The summed E-state index contributed by atoms with van der Waals surface area (Å²) in [6.45, 7) is -0.0225. The van der Waals surface area contributed by atoms with E-state index in [2.05, 4.69) is 4.98 Å². The van der Waals surface area contributed by atoms with Crippen molar-refractivity contribution in [3.05, 3.63) is 51.5 Å². The minimum Gasteiger partial charge on any atom is -0.392 e. The van der Waals surface area contributed by atoms with Crippen LogP contribution in [0, 0.1) is 10.1 Å². The van der Waals surface area contributed by atoms with Crippen LogP contribution in [0.5, 0.6) is 0 Å². The number of aliphatic hydroxyl groups excluding tert-OH is 1. The van der Waals surface area contributed by atoms with Gasteiger partial charge in [0.25, 0.3) is 4.96 Å². The van der Waals surface area contributed by atoms with Crippen molar-refractivity contribution in [1.82, 2.24) is 9.38 Å². The summed E-state index contributed by atoms with van der Waals surface area (Å²) in [5.41, 5.74) is 0.801. The topological polar surface area (TPSA) is 80.7 Å². The molecule has 0 radical (unpaired) electrons. The fraction of sp³-hybridized carbons (Fsp3) is 0.0833. The molecule has 3 aromatic rings. The van der Waals surface area contributed by atoms with Gasteiger partial charge in [-0.2, -0.15) is 9.38 Å². The maximum absolute atomic E-state index is 11.2. The molecule has 3 rings (SSSR count). The lowest BCUT2D eigenvalue weighted by Crippen LogP contribution is -1.93. The summed E-state index contributed by atoms with van der Waals surface area (Å²) >= 11 is 2.60. The van der Waals surface area contributed by atoms with Crippen LogP contribution in [0.3, 0.4) is 0 Å². The molecule has 102 valence electrons. The molecule has 0 saturated heterocycles. The van der Waals surface area contributed by atoms with Crippen molar-refractivity contribution in [1.29, 1.82) is 0 Å². The highest BCUT2D eigenvalue weighted by atomic mass is 32.2. The highest BCUT2D eigenvalue weighted by molar-refractivity contribution is 7.99. The largest absolute Gasteiger partial charge is 0.392 e. The van der Waals surface area contributed by atoms with Gasteiger partial charge in [0.1, 0.15) is 6.20 Å². The Morgan fingerprint density at radius 1 is 1.40 bits per heavy atom. The fourth-order valence-corrected chi connectivity index (χ4v) is 3.42. The smallest absolute Gasteiger partial charge is 0.363 e. The van der Waals surface area contributed by atoms with E-state index < -0.39 is 4.92 Å². The molecule has 0 aliphatic heterocycles. The van der Waals surface area contributed by atoms with Crippen molar-refractivity contribution in [2.45, 2.75) is 16.5 Å². The van der Waals surface area contributed by atoms with Crippen LogP contribution in [0.4, 0.5) is 5.82 Å². The molecule has 0 spiro atoms. The summed E-state index contributed by atoms with van der Waals surface area (Å²) in [5, 5.41) is 22.3. The second-order valence-electron chi connectivity index (χ2n) is 3.96. The molecule has 0 atom stereocenters. The molecule has 6 nitrogen and oxygen atoms in total. The number of hydrogen-bond acceptors (Lipinski definition) is 6. The summed E-state index contributed by atoms with van der Waals surface area (Å²) in [7, 11) is 0. The molecule has 2 aromatic heterocycles.